The number of rotatable bonds is 6. The Morgan fingerprint density at radius 2 is 2.09 bits per heavy atom. The van der Waals surface area contributed by atoms with Crippen LogP contribution in [0.25, 0.3) is 0 Å². The zero-order valence-electron chi connectivity index (χ0n) is 13.0. The fraction of sp³-hybridized carbons (Fsp3) is 0.533. The molecule has 2 amide bonds. The quantitative estimate of drug-likeness (QED) is 0.773. The van der Waals surface area contributed by atoms with E-state index in [1.54, 1.807) is 0 Å². The van der Waals surface area contributed by atoms with E-state index in [1.165, 1.54) is 28.7 Å². The van der Waals surface area contributed by atoms with E-state index in [4.69, 9.17) is 0 Å². The maximum atomic E-state index is 11.9. The molecule has 1 aliphatic rings. The van der Waals surface area contributed by atoms with Gasteiger partial charge in [-0.1, -0.05) is 24.3 Å². The van der Waals surface area contributed by atoms with Gasteiger partial charge in [0.15, 0.2) is 0 Å². The number of carbonyl (C=O) groups is 1. The Morgan fingerprint density at radius 3 is 2.82 bits per heavy atom. The molecule has 0 saturated carbocycles. The summed E-state index contributed by atoms with van der Waals surface area (Å²) in [6.45, 7) is 0.839. The van der Waals surface area contributed by atoms with Crippen molar-refractivity contribution in [1.82, 2.24) is 14.9 Å². The molecule has 1 aliphatic carbocycles. The molecule has 0 aliphatic heterocycles. The average molecular weight is 325 g/mol. The molecular formula is C15H23N3O3S. The van der Waals surface area contributed by atoms with Crippen molar-refractivity contribution < 1.29 is 13.2 Å². The molecule has 0 fully saturated rings. The minimum absolute atomic E-state index is 0.0647. The van der Waals surface area contributed by atoms with Gasteiger partial charge in [-0.3, -0.25) is 0 Å². The zero-order chi connectivity index (χ0) is 16.2. The molecule has 22 heavy (non-hydrogen) atoms. The Morgan fingerprint density at radius 1 is 1.36 bits per heavy atom. The molecule has 2 N–H and O–H groups in total. The van der Waals surface area contributed by atoms with E-state index in [1.807, 2.05) is 18.2 Å². The van der Waals surface area contributed by atoms with Crippen LogP contribution in [0, 0.1) is 0 Å². The van der Waals surface area contributed by atoms with Crippen LogP contribution in [0.5, 0.6) is 0 Å². The Balaban J connectivity index is 1.71. The lowest BCUT2D eigenvalue weighted by Crippen LogP contribution is -2.38. The second kappa shape index (κ2) is 7.11. The van der Waals surface area contributed by atoms with Gasteiger partial charge >= 0.3 is 6.03 Å². The van der Waals surface area contributed by atoms with Gasteiger partial charge in [-0.15, -0.1) is 0 Å². The van der Waals surface area contributed by atoms with Crippen LogP contribution in [-0.2, 0) is 16.4 Å². The van der Waals surface area contributed by atoms with E-state index < -0.39 is 10.0 Å². The first kappa shape index (κ1) is 16.8. The number of benzene rings is 1. The molecule has 0 spiro atoms. The first-order chi connectivity index (χ1) is 10.4. The molecule has 0 saturated heterocycles. The molecular weight excluding hydrogens is 302 g/mol. The van der Waals surface area contributed by atoms with Crippen LogP contribution in [0.2, 0.25) is 0 Å². The molecule has 0 bridgehead atoms. The highest BCUT2D eigenvalue weighted by Gasteiger charge is 2.23. The van der Waals surface area contributed by atoms with E-state index in [-0.39, 0.29) is 12.1 Å². The van der Waals surface area contributed by atoms with E-state index >= 15 is 0 Å². The van der Waals surface area contributed by atoms with Gasteiger partial charge in [-0.2, -0.15) is 0 Å². The summed E-state index contributed by atoms with van der Waals surface area (Å²) in [7, 11) is -1.62. The third-order valence-corrected chi connectivity index (χ3v) is 5.25. The molecule has 1 aromatic carbocycles. The normalized spacial score (nSPS) is 17.3. The van der Waals surface area contributed by atoms with Crippen molar-refractivity contribution >= 4 is 16.1 Å². The van der Waals surface area contributed by atoms with Crippen molar-refractivity contribution in [2.45, 2.75) is 25.3 Å². The molecule has 6 nitrogen and oxygen atoms in total. The monoisotopic (exact) mass is 325 g/mol. The fourth-order valence-electron chi connectivity index (χ4n) is 2.59. The van der Waals surface area contributed by atoms with Gasteiger partial charge in [0.25, 0.3) is 0 Å². The maximum absolute atomic E-state index is 11.9. The maximum Gasteiger partial charge on any atom is 0.315 e. The predicted molar refractivity (Wildman–Crippen MR) is 86.1 cm³/mol. The molecule has 2 rings (SSSR count). The summed E-state index contributed by atoms with van der Waals surface area (Å²) >= 11 is 0. The van der Waals surface area contributed by atoms with Crippen LogP contribution >= 0.6 is 0 Å². The van der Waals surface area contributed by atoms with Gasteiger partial charge < -0.3 is 10.6 Å². The minimum Gasteiger partial charge on any atom is -0.338 e. The summed E-state index contributed by atoms with van der Waals surface area (Å²) in [4.78, 5) is 11.9. The van der Waals surface area contributed by atoms with Crippen LogP contribution in [0.15, 0.2) is 24.3 Å². The van der Waals surface area contributed by atoms with Gasteiger partial charge in [0.2, 0.25) is 10.0 Å². The summed E-state index contributed by atoms with van der Waals surface area (Å²) in [5.41, 5.74) is 2.48. The first-order valence-electron chi connectivity index (χ1n) is 7.41. The van der Waals surface area contributed by atoms with Crippen molar-refractivity contribution in [3.8, 4) is 0 Å². The second-order valence-electron chi connectivity index (χ2n) is 5.63. The summed E-state index contributed by atoms with van der Waals surface area (Å²) in [6, 6.07) is 8.00. The molecule has 122 valence electrons. The molecule has 0 unspecified atom stereocenters. The number of fused-ring (bicyclic) bond motifs is 1. The number of nitrogens with one attached hydrogen (secondary N) is 2. The number of amides is 2. The van der Waals surface area contributed by atoms with Gasteiger partial charge in [0, 0.05) is 20.1 Å². The Labute approximate surface area is 131 Å². The van der Waals surface area contributed by atoms with E-state index in [2.05, 4.69) is 16.7 Å². The SMILES string of the molecule is CN(CCCNC(=O)N[C@@H]1CCc2ccccc21)S(C)(=O)=O. The molecule has 0 radical (unpaired) electrons. The van der Waals surface area contributed by atoms with E-state index in [0.717, 1.165) is 12.8 Å². The number of sulfonamides is 1. The lowest BCUT2D eigenvalue weighted by molar-refractivity contribution is 0.236. The van der Waals surface area contributed by atoms with Gasteiger partial charge in [0.05, 0.1) is 12.3 Å². The number of hydrogen-bond donors (Lipinski definition) is 2. The topological polar surface area (TPSA) is 78.5 Å². The summed E-state index contributed by atoms with van der Waals surface area (Å²) in [5.74, 6) is 0. The third kappa shape index (κ3) is 4.45. The minimum atomic E-state index is -3.15. The molecule has 0 aromatic heterocycles. The lowest BCUT2D eigenvalue weighted by Gasteiger charge is -2.16. The fourth-order valence-corrected chi connectivity index (χ4v) is 3.05. The molecule has 1 aromatic rings. The first-order valence-corrected chi connectivity index (χ1v) is 9.26. The average Bonchev–Trinajstić information content (AvgIpc) is 2.86. The van der Waals surface area contributed by atoms with Crippen LogP contribution in [0.4, 0.5) is 4.79 Å². The number of aryl methyl sites for hydroxylation is 1. The van der Waals surface area contributed by atoms with Crippen LogP contribution in [0.1, 0.15) is 30.0 Å². The second-order valence-corrected chi connectivity index (χ2v) is 7.72. The van der Waals surface area contributed by atoms with Crippen molar-refractivity contribution in [2.24, 2.45) is 0 Å². The van der Waals surface area contributed by atoms with Gasteiger partial charge in [-0.05, 0) is 30.4 Å². The summed E-state index contributed by atoms with van der Waals surface area (Å²) in [5, 5.41) is 5.75. The largest absolute Gasteiger partial charge is 0.338 e. The number of urea groups is 1. The molecule has 1 atom stereocenters. The van der Waals surface area contributed by atoms with Crippen molar-refractivity contribution in [3.05, 3.63) is 35.4 Å². The number of carbonyl (C=O) groups excluding carboxylic acids is 1. The summed E-state index contributed by atoms with van der Waals surface area (Å²) < 4.78 is 23.7. The standard InChI is InChI=1S/C15H23N3O3S/c1-18(22(2,20)21)11-5-10-16-15(19)17-14-9-8-12-6-3-4-7-13(12)14/h3-4,6-7,14H,5,8-11H2,1-2H3,(H2,16,17,19)/t14-/m1/s1. The highest BCUT2D eigenvalue weighted by atomic mass is 32.2. The van der Waals surface area contributed by atoms with Crippen LogP contribution < -0.4 is 10.6 Å². The van der Waals surface area contributed by atoms with Crippen LogP contribution in [-0.4, -0.2) is 45.1 Å². The Kier molecular flexibility index (Phi) is 5.42. The van der Waals surface area contributed by atoms with Crippen molar-refractivity contribution in [3.63, 3.8) is 0 Å². The highest BCUT2D eigenvalue weighted by Crippen LogP contribution is 2.30. The number of hydrogen-bond acceptors (Lipinski definition) is 3. The number of nitrogens with zero attached hydrogens (tertiary/aromatic N) is 1. The zero-order valence-corrected chi connectivity index (χ0v) is 13.8. The molecule has 0 heterocycles. The molecule has 7 heteroatoms. The van der Waals surface area contributed by atoms with Crippen molar-refractivity contribution in [1.29, 1.82) is 0 Å². The lowest BCUT2D eigenvalue weighted by atomic mass is 10.1. The highest BCUT2D eigenvalue weighted by molar-refractivity contribution is 7.88. The Bertz CT molecular complexity index is 631. The predicted octanol–water partition coefficient (Wildman–Crippen LogP) is 1.25. The van der Waals surface area contributed by atoms with Crippen LogP contribution in [0.3, 0.4) is 0 Å². The van der Waals surface area contributed by atoms with E-state index in [0.29, 0.717) is 19.5 Å². The van der Waals surface area contributed by atoms with Crippen molar-refractivity contribution in [2.75, 3.05) is 26.4 Å². The summed E-state index contributed by atoms with van der Waals surface area (Å²) in [6.07, 6.45) is 3.66. The smallest absolute Gasteiger partial charge is 0.315 e. The van der Waals surface area contributed by atoms with Gasteiger partial charge in [-0.25, -0.2) is 17.5 Å². The van der Waals surface area contributed by atoms with E-state index in [9.17, 15) is 13.2 Å². The Hall–Kier alpha value is -1.60. The third-order valence-electron chi connectivity index (χ3n) is 3.94. The van der Waals surface area contributed by atoms with Gasteiger partial charge in [0.1, 0.15) is 0 Å².